The molecule has 0 amide bonds. The van der Waals surface area contributed by atoms with Crippen LogP contribution in [0.15, 0.2) is 0 Å². The molecule has 0 N–H and O–H groups in total. The zero-order valence-corrected chi connectivity index (χ0v) is 19.5. The van der Waals surface area contributed by atoms with Gasteiger partial charge in [0.05, 0.1) is 5.41 Å². The molecule has 4 nitrogen and oxygen atoms in total. The normalized spacial score (nSPS) is 36.7. The van der Waals surface area contributed by atoms with Crippen molar-refractivity contribution in [3.8, 4) is 0 Å². The van der Waals surface area contributed by atoms with E-state index in [1.165, 1.54) is 38.5 Å². The zero-order chi connectivity index (χ0) is 21.4. The summed E-state index contributed by atoms with van der Waals surface area (Å²) >= 11 is 0. The predicted molar refractivity (Wildman–Crippen MR) is 114 cm³/mol. The van der Waals surface area contributed by atoms with E-state index in [0.29, 0.717) is 29.6 Å². The quantitative estimate of drug-likeness (QED) is 0.446. The highest BCUT2D eigenvalue weighted by atomic mass is 16.6. The van der Waals surface area contributed by atoms with E-state index in [-0.39, 0.29) is 24.1 Å². The Bertz CT molecular complexity index is 606. The highest BCUT2D eigenvalue weighted by Gasteiger charge is 2.64. The lowest BCUT2D eigenvalue weighted by atomic mass is 9.43. The number of hydrogen-bond acceptors (Lipinski definition) is 4. The summed E-state index contributed by atoms with van der Waals surface area (Å²) in [5, 5.41) is 0. The molecule has 0 heterocycles. The second kappa shape index (κ2) is 8.23. The minimum atomic E-state index is -0.566. The molecule has 4 aliphatic rings. The second-order valence-corrected chi connectivity index (χ2v) is 11.3. The Morgan fingerprint density at radius 1 is 1.10 bits per heavy atom. The lowest BCUT2D eigenvalue weighted by molar-refractivity contribution is -0.243. The number of ether oxygens (including phenoxy) is 2. The zero-order valence-electron chi connectivity index (χ0n) is 19.5. The maximum absolute atomic E-state index is 12.9. The Morgan fingerprint density at radius 3 is 2.24 bits per heavy atom. The fourth-order valence-electron chi connectivity index (χ4n) is 6.89. The van der Waals surface area contributed by atoms with Crippen LogP contribution < -0.4 is 0 Å². The van der Waals surface area contributed by atoms with E-state index < -0.39 is 5.41 Å². The van der Waals surface area contributed by atoms with Crippen molar-refractivity contribution < 1.29 is 19.1 Å². The number of unbranched alkanes of at least 4 members (excludes halogenated alkanes) is 1. The molecule has 4 aliphatic carbocycles. The standard InChI is InChI=1S/C25H42O4/c1-7-9-10-17(3)25(29-21(26)16-28-22(27)23(4,5)8-2)19-11-18-12-20(25)15-24(6,13-18)14-19/h17-20H,7-16H2,1-6H3. The molecule has 4 saturated carbocycles. The molecule has 4 fully saturated rings. The van der Waals surface area contributed by atoms with Gasteiger partial charge in [-0.15, -0.1) is 0 Å². The molecule has 3 unspecified atom stereocenters. The summed E-state index contributed by atoms with van der Waals surface area (Å²) in [5.41, 5.74) is -0.506. The van der Waals surface area contributed by atoms with Crippen molar-refractivity contribution in [3.05, 3.63) is 0 Å². The number of esters is 2. The van der Waals surface area contributed by atoms with Crippen molar-refractivity contribution in [2.24, 2.45) is 34.5 Å². The van der Waals surface area contributed by atoms with Gasteiger partial charge in [0.2, 0.25) is 0 Å². The molecule has 4 bridgehead atoms. The highest BCUT2D eigenvalue weighted by Crippen LogP contribution is 2.66. The summed E-state index contributed by atoms with van der Waals surface area (Å²) in [6, 6.07) is 0. The third kappa shape index (κ3) is 4.23. The molecule has 0 aromatic rings. The summed E-state index contributed by atoms with van der Waals surface area (Å²) in [6.07, 6.45) is 10.2. The molecule has 0 saturated heterocycles. The average molecular weight is 407 g/mol. The Kier molecular flexibility index (Phi) is 6.42. The third-order valence-corrected chi connectivity index (χ3v) is 8.58. The maximum atomic E-state index is 12.9. The fourth-order valence-corrected chi connectivity index (χ4v) is 6.89. The van der Waals surface area contributed by atoms with Gasteiger partial charge >= 0.3 is 11.9 Å². The maximum Gasteiger partial charge on any atom is 0.344 e. The Hall–Kier alpha value is -1.06. The minimum Gasteiger partial charge on any atom is -0.456 e. The Balaban J connectivity index is 1.75. The van der Waals surface area contributed by atoms with Gasteiger partial charge in [0, 0.05) is 11.8 Å². The monoisotopic (exact) mass is 406 g/mol. The van der Waals surface area contributed by atoms with Crippen LogP contribution in [0.1, 0.15) is 99.3 Å². The van der Waals surface area contributed by atoms with E-state index in [4.69, 9.17) is 9.47 Å². The van der Waals surface area contributed by atoms with Gasteiger partial charge in [-0.05, 0) is 76.0 Å². The predicted octanol–water partition coefficient (Wildman–Crippen LogP) is 5.92. The summed E-state index contributed by atoms with van der Waals surface area (Å²) in [4.78, 5) is 25.2. The first-order chi connectivity index (χ1) is 13.6. The van der Waals surface area contributed by atoms with E-state index in [2.05, 4.69) is 20.8 Å². The molecule has 0 radical (unpaired) electrons. The molecule has 29 heavy (non-hydrogen) atoms. The Labute approximate surface area is 177 Å². The van der Waals surface area contributed by atoms with E-state index in [1.54, 1.807) is 0 Å². The minimum absolute atomic E-state index is 0.259. The van der Waals surface area contributed by atoms with Gasteiger partial charge in [-0.25, -0.2) is 4.79 Å². The number of rotatable bonds is 9. The number of hydrogen-bond donors (Lipinski definition) is 0. The van der Waals surface area contributed by atoms with Crippen molar-refractivity contribution in [2.75, 3.05) is 6.61 Å². The Morgan fingerprint density at radius 2 is 1.72 bits per heavy atom. The van der Waals surface area contributed by atoms with Crippen LogP contribution >= 0.6 is 0 Å². The lowest BCUT2D eigenvalue weighted by Crippen LogP contribution is -2.65. The SMILES string of the molecule is CCCCC(C)C1(OC(=O)COC(=O)C(C)(C)CC)C2CC3CC1CC(C)(C3)C2. The van der Waals surface area contributed by atoms with Gasteiger partial charge in [0.15, 0.2) is 6.61 Å². The second-order valence-electron chi connectivity index (χ2n) is 11.3. The largest absolute Gasteiger partial charge is 0.456 e. The van der Waals surface area contributed by atoms with Crippen molar-refractivity contribution in [3.63, 3.8) is 0 Å². The van der Waals surface area contributed by atoms with E-state index in [0.717, 1.165) is 18.8 Å². The molecule has 0 aromatic carbocycles. The van der Waals surface area contributed by atoms with Crippen molar-refractivity contribution in [1.82, 2.24) is 0 Å². The van der Waals surface area contributed by atoms with E-state index in [9.17, 15) is 9.59 Å². The van der Waals surface area contributed by atoms with Gasteiger partial charge < -0.3 is 9.47 Å². The van der Waals surface area contributed by atoms with Crippen LogP contribution in [0.2, 0.25) is 0 Å². The molecule has 0 spiro atoms. The fraction of sp³-hybridized carbons (Fsp3) is 0.920. The van der Waals surface area contributed by atoms with Crippen LogP contribution in [0.4, 0.5) is 0 Å². The molecule has 0 aromatic heterocycles. The van der Waals surface area contributed by atoms with Crippen LogP contribution in [-0.2, 0) is 19.1 Å². The van der Waals surface area contributed by atoms with Gasteiger partial charge in [-0.3, -0.25) is 4.79 Å². The van der Waals surface area contributed by atoms with Crippen LogP contribution in [0, 0.1) is 34.5 Å². The van der Waals surface area contributed by atoms with Crippen LogP contribution in [0.3, 0.4) is 0 Å². The van der Waals surface area contributed by atoms with Crippen LogP contribution in [0.25, 0.3) is 0 Å². The van der Waals surface area contributed by atoms with Gasteiger partial charge in [0.1, 0.15) is 5.60 Å². The first-order valence-electron chi connectivity index (χ1n) is 12.0. The summed E-state index contributed by atoms with van der Waals surface area (Å²) in [5.74, 6) is 1.39. The molecular weight excluding hydrogens is 364 g/mol. The van der Waals surface area contributed by atoms with Crippen molar-refractivity contribution >= 4 is 11.9 Å². The van der Waals surface area contributed by atoms with Crippen molar-refractivity contribution in [2.45, 2.75) is 105 Å². The number of carbonyl (C=O) groups is 2. The molecule has 166 valence electrons. The molecule has 0 aliphatic heterocycles. The van der Waals surface area contributed by atoms with Crippen LogP contribution in [0.5, 0.6) is 0 Å². The van der Waals surface area contributed by atoms with Crippen LogP contribution in [-0.4, -0.2) is 24.1 Å². The van der Waals surface area contributed by atoms with Gasteiger partial charge in [0.25, 0.3) is 0 Å². The average Bonchev–Trinajstić information content (AvgIpc) is 2.65. The first-order valence-corrected chi connectivity index (χ1v) is 12.0. The highest BCUT2D eigenvalue weighted by molar-refractivity contribution is 5.80. The summed E-state index contributed by atoms with van der Waals surface area (Å²) in [6.45, 7) is 12.4. The molecule has 3 atom stereocenters. The molecule has 4 rings (SSSR count). The molecular formula is C25H42O4. The summed E-state index contributed by atoms with van der Waals surface area (Å²) in [7, 11) is 0. The molecule has 4 heteroatoms. The lowest BCUT2D eigenvalue weighted by Gasteiger charge is -2.65. The van der Waals surface area contributed by atoms with Gasteiger partial charge in [-0.1, -0.05) is 40.5 Å². The van der Waals surface area contributed by atoms with E-state index in [1.807, 2.05) is 20.8 Å². The first kappa shape index (κ1) is 22.6. The summed E-state index contributed by atoms with van der Waals surface area (Å²) < 4.78 is 11.8. The smallest absolute Gasteiger partial charge is 0.344 e. The van der Waals surface area contributed by atoms with Crippen molar-refractivity contribution in [1.29, 1.82) is 0 Å². The van der Waals surface area contributed by atoms with Gasteiger partial charge in [-0.2, -0.15) is 0 Å². The topological polar surface area (TPSA) is 52.6 Å². The van der Waals surface area contributed by atoms with E-state index >= 15 is 0 Å². The third-order valence-electron chi connectivity index (χ3n) is 8.58. The number of carbonyl (C=O) groups excluding carboxylic acids is 2.